The van der Waals surface area contributed by atoms with Crippen LogP contribution in [0.2, 0.25) is 0 Å². The Balaban J connectivity index is 1.71. The Hall–Kier alpha value is -2.93. The molecule has 2 aromatic carbocycles. The molecule has 2 aromatic rings. The van der Waals surface area contributed by atoms with E-state index in [2.05, 4.69) is 34.9 Å². The van der Waals surface area contributed by atoms with Crippen molar-refractivity contribution < 1.29 is 14.4 Å². The molecule has 0 aromatic heterocycles. The number of rotatable bonds is 6. The quantitative estimate of drug-likeness (QED) is 0.686. The van der Waals surface area contributed by atoms with Crippen molar-refractivity contribution in [3.8, 4) is 0 Å². The molecule has 1 saturated heterocycles. The standard InChI is InChI=1S/C19H22N4O3/c20-17(24)11-22-18(25)10-16-19(26)21-7-8-23(16)12-13-5-6-14-3-1-2-4-15(14)9-13/h1-6,9,16H,7-8,10-12H2,(H2,20,24)(H,21,26)(H,22,25). The van der Waals surface area contributed by atoms with E-state index in [1.54, 1.807) is 0 Å². The van der Waals surface area contributed by atoms with Gasteiger partial charge in [-0.15, -0.1) is 0 Å². The van der Waals surface area contributed by atoms with Crippen LogP contribution in [0.5, 0.6) is 0 Å². The van der Waals surface area contributed by atoms with E-state index in [1.807, 2.05) is 23.1 Å². The molecule has 7 nitrogen and oxygen atoms in total. The third-order valence-corrected chi connectivity index (χ3v) is 4.48. The smallest absolute Gasteiger partial charge is 0.237 e. The first-order valence-corrected chi connectivity index (χ1v) is 8.57. The van der Waals surface area contributed by atoms with Gasteiger partial charge in [0.15, 0.2) is 0 Å². The number of amides is 3. The number of piperazine rings is 1. The Labute approximate surface area is 151 Å². The summed E-state index contributed by atoms with van der Waals surface area (Å²) in [5.41, 5.74) is 6.12. The lowest BCUT2D eigenvalue weighted by Crippen LogP contribution is -2.56. The van der Waals surface area contributed by atoms with E-state index in [9.17, 15) is 14.4 Å². The fourth-order valence-corrected chi connectivity index (χ4v) is 3.18. The van der Waals surface area contributed by atoms with E-state index in [0.717, 1.165) is 16.3 Å². The lowest BCUT2D eigenvalue weighted by molar-refractivity contribution is -0.134. The maximum absolute atomic E-state index is 12.3. The zero-order chi connectivity index (χ0) is 18.5. The maximum atomic E-state index is 12.3. The molecule has 136 valence electrons. The van der Waals surface area contributed by atoms with Crippen molar-refractivity contribution in [2.45, 2.75) is 19.0 Å². The first-order chi connectivity index (χ1) is 12.5. The van der Waals surface area contributed by atoms with Crippen LogP contribution in [0.4, 0.5) is 0 Å². The van der Waals surface area contributed by atoms with Gasteiger partial charge >= 0.3 is 0 Å². The summed E-state index contributed by atoms with van der Waals surface area (Å²) in [5, 5.41) is 7.54. The van der Waals surface area contributed by atoms with Crippen molar-refractivity contribution in [2.24, 2.45) is 5.73 Å². The summed E-state index contributed by atoms with van der Waals surface area (Å²) in [5.74, 6) is -1.15. The molecule has 1 unspecified atom stereocenters. The Morgan fingerprint density at radius 2 is 1.96 bits per heavy atom. The molecular weight excluding hydrogens is 332 g/mol. The molecule has 1 atom stereocenters. The fraction of sp³-hybridized carbons (Fsp3) is 0.316. The highest BCUT2D eigenvalue weighted by molar-refractivity contribution is 5.90. The highest BCUT2D eigenvalue weighted by atomic mass is 16.2. The topological polar surface area (TPSA) is 105 Å². The van der Waals surface area contributed by atoms with Gasteiger partial charge < -0.3 is 16.4 Å². The van der Waals surface area contributed by atoms with Crippen molar-refractivity contribution in [1.29, 1.82) is 0 Å². The first kappa shape index (κ1) is 17.9. The number of hydrogen-bond donors (Lipinski definition) is 3. The Bertz CT molecular complexity index is 836. The monoisotopic (exact) mass is 354 g/mol. The van der Waals surface area contributed by atoms with Gasteiger partial charge in [0, 0.05) is 19.6 Å². The summed E-state index contributed by atoms with van der Waals surface area (Å²) in [4.78, 5) is 37.0. The van der Waals surface area contributed by atoms with E-state index in [1.165, 1.54) is 0 Å². The van der Waals surface area contributed by atoms with Crippen LogP contribution < -0.4 is 16.4 Å². The van der Waals surface area contributed by atoms with E-state index in [4.69, 9.17) is 5.73 Å². The zero-order valence-electron chi connectivity index (χ0n) is 14.4. The Morgan fingerprint density at radius 3 is 2.73 bits per heavy atom. The summed E-state index contributed by atoms with van der Waals surface area (Å²) in [7, 11) is 0. The number of fused-ring (bicyclic) bond motifs is 1. The minimum absolute atomic E-state index is 0.00725. The maximum Gasteiger partial charge on any atom is 0.237 e. The van der Waals surface area contributed by atoms with Gasteiger partial charge in [0.1, 0.15) is 0 Å². The number of carbonyl (C=O) groups excluding carboxylic acids is 3. The van der Waals surface area contributed by atoms with Crippen molar-refractivity contribution in [3.63, 3.8) is 0 Å². The second kappa shape index (κ2) is 7.97. The zero-order valence-corrected chi connectivity index (χ0v) is 14.4. The summed E-state index contributed by atoms with van der Waals surface area (Å²) < 4.78 is 0. The van der Waals surface area contributed by atoms with Crippen molar-refractivity contribution in [3.05, 3.63) is 48.0 Å². The summed E-state index contributed by atoms with van der Waals surface area (Å²) in [6, 6.07) is 13.7. The van der Waals surface area contributed by atoms with Crippen molar-refractivity contribution in [2.75, 3.05) is 19.6 Å². The molecule has 3 rings (SSSR count). The Morgan fingerprint density at radius 1 is 1.19 bits per heavy atom. The predicted molar refractivity (Wildman–Crippen MR) is 98.0 cm³/mol. The van der Waals surface area contributed by atoms with Crippen LogP contribution in [-0.2, 0) is 20.9 Å². The fourth-order valence-electron chi connectivity index (χ4n) is 3.18. The second-order valence-corrected chi connectivity index (χ2v) is 6.41. The highest BCUT2D eigenvalue weighted by Crippen LogP contribution is 2.19. The number of nitrogens with two attached hydrogens (primary N) is 1. The van der Waals surface area contributed by atoms with Gasteiger partial charge in [-0.2, -0.15) is 0 Å². The molecule has 1 aliphatic heterocycles. The van der Waals surface area contributed by atoms with Gasteiger partial charge in [-0.25, -0.2) is 0 Å². The minimum Gasteiger partial charge on any atom is -0.368 e. The molecule has 0 spiro atoms. The number of benzene rings is 2. The lowest BCUT2D eigenvalue weighted by Gasteiger charge is -2.34. The molecule has 26 heavy (non-hydrogen) atoms. The molecule has 7 heteroatoms. The molecular formula is C19H22N4O3. The average Bonchev–Trinajstić information content (AvgIpc) is 2.63. The number of carbonyl (C=O) groups is 3. The second-order valence-electron chi connectivity index (χ2n) is 6.41. The number of primary amides is 1. The molecule has 1 fully saturated rings. The third-order valence-electron chi connectivity index (χ3n) is 4.48. The van der Waals surface area contributed by atoms with Gasteiger partial charge in [0.25, 0.3) is 0 Å². The molecule has 4 N–H and O–H groups in total. The van der Waals surface area contributed by atoms with Crippen molar-refractivity contribution >= 4 is 28.5 Å². The third kappa shape index (κ3) is 4.37. The van der Waals surface area contributed by atoms with Crippen LogP contribution in [0.3, 0.4) is 0 Å². The van der Waals surface area contributed by atoms with Crippen LogP contribution in [-0.4, -0.2) is 48.3 Å². The number of hydrogen-bond acceptors (Lipinski definition) is 4. The number of nitrogens with one attached hydrogen (secondary N) is 2. The van der Waals surface area contributed by atoms with E-state index in [-0.39, 0.29) is 24.8 Å². The van der Waals surface area contributed by atoms with E-state index < -0.39 is 11.9 Å². The average molecular weight is 354 g/mol. The summed E-state index contributed by atoms with van der Waals surface area (Å²) in [6.45, 7) is 1.56. The SMILES string of the molecule is NC(=O)CNC(=O)CC1C(=O)NCCN1Cc1ccc2ccccc2c1. The summed E-state index contributed by atoms with van der Waals surface area (Å²) >= 11 is 0. The molecule has 0 bridgehead atoms. The van der Waals surface area contributed by atoms with Crippen molar-refractivity contribution in [1.82, 2.24) is 15.5 Å². The highest BCUT2D eigenvalue weighted by Gasteiger charge is 2.31. The van der Waals surface area contributed by atoms with Crippen LogP contribution in [0.1, 0.15) is 12.0 Å². The van der Waals surface area contributed by atoms with Crippen LogP contribution in [0, 0.1) is 0 Å². The molecule has 0 aliphatic carbocycles. The Kier molecular flexibility index (Phi) is 5.48. The molecule has 0 saturated carbocycles. The largest absolute Gasteiger partial charge is 0.368 e. The van der Waals surface area contributed by atoms with Gasteiger partial charge in [0.05, 0.1) is 19.0 Å². The van der Waals surface area contributed by atoms with Gasteiger partial charge in [-0.3, -0.25) is 19.3 Å². The normalized spacial score (nSPS) is 17.7. The minimum atomic E-state index is -0.612. The molecule has 3 amide bonds. The van der Waals surface area contributed by atoms with Gasteiger partial charge in [0.2, 0.25) is 17.7 Å². The van der Waals surface area contributed by atoms with Crippen LogP contribution >= 0.6 is 0 Å². The molecule has 0 radical (unpaired) electrons. The van der Waals surface area contributed by atoms with E-state index >= 15 is 0 Å². The predicted octanol–water partition coefficient (Wildman–Crippen LogP) is 0.132. The van der Waals surface area contributed by atoms with Crippen LogP contribution in [0.15, 0.2) is 42.5 Å². The molecule has 1 heterocycles. The first-order valence-electron chi connectivity index (χ1n) is 8.57. The van der Waals surface area contributed by atoms with Gasteiger partial charge in [-0.05, 0) is 22.4 Å². The van der Waals surface area contributed by atoms with Crippen LogP contribution in [0.25, 0.3) is 10.8 Å². The lowest BCUT2D eigenvalue weighted by atomic mass is 10.0. The summed E-state index contributed by atoms with van der Waals surface area (Å²) in [6.07, 6.45) is -0.00725. The molecule has 1 aliphatic rings. The van der Waals surface area contributed by atoms with E-state index in [0.29, 0.717) is 19.6 Å². The van der Waals surface area contributed by atoms with Gasteiger partial charge in [-0.1, -0.05) is 36.4 Å². The number of nitrogens with zero attached hydrogens (tertiary/aromatic N) is 1.